The van der Waals surface area contributed by atoms with Gasteiger partial charge in [0.15, 0.2) is 17.3 Å². The number of nitrogens with one attached hydrogen (secondary N) is 2. The van der Waals surface area contributed by atoms with Gasteiger partial charge in [-0.05, 0) is 56.6 Å². The molecule has 5 rings (SSSR count). The lowest BCUT2D eigenvalue weighted by Crippen LogP contribution is -2.41. The Morgan fingerprint density at radius 1 is 1.35 bits per heavy atom. The lowest BCUT2D eigenvalue weighted by Gasteiger charge is -2.32. The van der Waals surface area contributed by atoms with Gasteiger partial charge in [0, 0.05) is 13.6 Å². The summed E-state index contributed by atoms with van der Waals surface area (Å²) in [7, 11) is -2.64. The van der Waals surface area contributed by atoms with Crippen LogP contribution in [0, 0.1) is 17.1 Å². The second-order valence-electron chi connectivity index (χ2n) is 9.96. The molecule has 2 aromatic carbocycles. The van der Waals surface area contributed by atoms with Crippen LogP contribution in [0.5, 0.6) is 11.5 Å². The van der Waals surface area contributed by atoms with Crippen LogP contribution in [0.4, 0.5) is 15.8 Å². The third-order valence-electron chi connectivity index (χ3n) is 7.58. The summed E-state index contributed by atoms with van der Waals surface area (Å²) in [5, 5.41) is 13.2. The van der Waals surface area contributed by atoms with E-state index >= 15 is 0 Å². The van der Waals surface area contributed by atoms with Crippen LogP contribution in [0.25, 0.3) is 10.9 Å². The van der Waals surface area contributed by atoms with Crippen LogP contribution in [-0.2, 0) is 14.9 Å². The second-order valence-corrected chi connectivity index (χ2v) is 11.7. The van der Waals surface area contributed by atoms with Crippen LogP contribution >= 0.6 is 0 Å². The fourth-order valence-corrected chi connectivity index (χ4v) is 6.10. The van der Waals surface area contributed by atoms with E-state index in [0.29, 0.717) is 18.5 Å². The maximum atomic E-state index is 14.9. The van der Waals surface area contributed by atoms with Crippen LogP contribution in [-0.4, -0.2) is 61.2 Å². The Balaban J connectivity index is 1.51. The van der Waals surface area contributed by atoms with Gasteiger partial charge < -0.3 is 20.5 Å². The SMILES string of the molecule is CCN(C)S(=O)(=O)Nc1ccc(F)c(Oc2ccc3ncn(C4COC5(CCNCC5)C4)c(=O)c3c2N)c1C#N. The van der Waals surface area contributed by atoms with Crippen molar-refractivity contribution >= 4 is 32.5 Å². The van der Waals surface area contributed by atoms with Crippen LogP contribution < -0.4 is 26.1 Å². The Morgan fingerprint density at radius 2 is 2.10 bits per heavy atom. The van der Waals surface area contributed by atoms with Crippen LogP contribution in [0.15, 0.2) is 35.4 Å². The predicted molar refractivity (Wildman–Crippen MR) is 147 cm³/mol. The molecule has 12 nitrogen and oxygen atoms in total. The predicted octanol–water partition coefficient (Wildman–Crippen LogP) is 2.47. The van der Waals surface area contributed by atoms with E-state index < -0.39 is 27.3 Å². The third kappa shape index (κ3) is 4.97. The molecule has 0 saturated carbocycles. The van der Waals surface area contributed by atoms with Crippen molar-refractivity contribution in [3.63, 3.8) is 0 Å². The minimum atomic E-state index is -4.00. The topological polar surface area (TPSA) is 165 Å². The Labute approximate surface area is 230 Å². The fourth-order valence-electron chi connectivity index (χ4n) is 5.16. The van der Waals surface area contributed by atoms with E-state index in [-0.39, 0.29) is 46.3 Å². The molecular weight excluding hydrogens is 541 g/mol. The third-order valence-corrected chi connectivity index (χ3v) is 9.14. The van der Waals surface area contributed by atoms with Crippen molar-refractivity contribution < 1.29 is 22.3 Å². The van der Waals surface area contributed by atoms with E-state index in [1.165, 1.54) is 30.1 Å². The summed E-state index contributed by atoms with van der Waals surface area (Å²) in [6, 6.07) is 6.61. The highest BCUT2D eigenvalue weighted by molar-refractivity contribution is 7.90. The van der Waals surface area contributed by atoms with Gasteiger partial charge in [0.2, 0.25) is 0 Å². The first-order valence-electron chi connectivity index (χ1n) is 12.9. The minimum Gasteiger partial charge on any atom is -0.451 e. The van der Waals surface area contributed by atoms with Gasteiger partial charge in [0.05, 0.1) is 46.9 Å². The number of nitriles is 1. The second kappa shape index (κ2) is 10.7. The molecule has 0 aliphatic carbocycles. The van der Waals surface area contributed by atoms with Crippen molar-refractivity contribution in [3.8, 4) is 17.6 Å². The van der Waals surface area contributed by atoms with Gasteiger partial charge in [0.25, 0.3) is 5.56 Å². The molecule has 212 valence electrons. The summed E-state index contributed by atoms with van der Waals surface area (Å²) in [6.45, 7) is 3.89. The van der Waals surface area contributed by atoms with Gasteiger partial charge >= 0.3 is 10.2 Å². The largest absolute Gasteiger partial charge is 0.451 e. The molecule has 14 heteroatoms. The molecule has 1 aromatic heterocycles. The van der Waals surface area contributed by atoms with E-state index in [1.807, 2.05) is 0 Å². The van der Waals surface area contributed by atoms with Gasteiger partial charge in [-0.1, -0.05) is 6.92 Å². The van der Waals surface area contributed by atoms with Gasteiger partial charge in [-0.3, -0.25) is 14.1 Å². The summed E-state index contributed by atoms with van der Waals surface area (Å²) in [5.41, 5.74) is 5.39. The molecule has 2 aliphatic heterocycles. The van der Waals surface area contributed by atoms with Crippen molar-refractivity contribution in [1.29, 1.82) is 5.26 Å². The number of nitrogen functional groups attached to an aromatic ring is 1. The standard InChI is InChI=1S/C26H30FN7O5S/c1-3-33(2)40(36,37)32-19-5-4-18(27)24(17(19)13-28)39-21-7-6-20-22(23(21)29)25(35)34(15-31-20)16-12-26(38-14-16)8-10-30-11-9-26/h4-7,15-16,30,32H,3,8-12,14,29H2,1-2H3. The quantitative estimate of drug-likeness (QED) is 0.361. The zero-order chi connectivity index (χ0) is 28.7. The molecule has 1 atom stereocenters. The number of anilines is 2. The number of benzene rings is 2. The molecule has 2 aliphatic rings. The lowest BCUT2D eigenvalue weighted by atomic mass is 9.88. The molecule has 2 saturated heterocycles. The van der Waals surface area contributed by atoms with E-state index in [1.54, 1.807) is 13.0 Å². The van der Waals surface area contributed by atoms with E-state index in [0.717, 1.165) is 42.4 Å². The number of rotatable bonds is 7. The minimum absolute atomic E-state index is 0.0808. The van der Waals surface area contributed by atoms with Crippen LogP contribution in [0.2, 0.25) is 0 Å². The summed E-state index contributed by atoms with van der Waals surface area (Å²) < 4.78 is 56.7. The molecule has 0 bridgehead atoms. The number of hydrogen-bond acceptors (Lipinski definition) is 9. The van der Waals surface area contributed by atoms with E-state index in [2.05, 4.69) is 15.0 Å². The zero-order valence-corrected chi connectivity index (χ0v) is 22.9. The number of ether oxygens (including phenoxy) is 2. The first-order chi connectivity index (χ1) is 19.1. The van der Waals surface area contributed by atoms with Gasteiger partial charge in [-0.2, -0.15) is 18.0 Å². The molecule has 3 aromatic rings. The first kappa shape index (κ1) is 27.8. The zero-order valence-electron chi connectivity index (χ0n) is 22.1. The monoisotopic (exact) mass is 571 g/mol. The average Bonchev–Trinajstić information content (AvgIpc) is 3.34. The Morgan fingerprint density at radius 3 is 2.80 bits per heavy atom. The number of nitrogens with zero attached hydrogens (tertiary/aromatic N) is 4. The highest BCUT2D eigenvalue weighted by Crippen LogP contribution is 2.40. The smallest absolute Gasteiger partial charge is 0.301 e. The van der Waals surface area contributed by atoms with Crippen molar-refractivity contribution in [2.75, 3.05) is 43.7 Å². The molecule has 1 unspecified atom stereocenters. The molecular formula is C26H30FN7O5S. The first-order valence-corrected chi connectivity index (χ1v) is 14.3. The Hall–Kier alpha value is -3.77. The summed E-state index contributed by atoms with van der Waals surface area (Å²) >= 11 is 0. The van der Waals surface area contributed by atoms with Gasteiger partial charge in [0.1, 0.15) is 11.6 Å². The normalized spacial score (nSPS) is 18.7. The van der Waals surface area contributed by atoms with Crippen LogP contribution in [0.3, 0.4) is 0 Å². The van der Waals surface area contributed by atoms with Crippen molar-refractivity contribution in [2.24, 2.45) is 0 Å². The number of piperidine rings is 1. The molecule has 2 fully saturated rings. The number of halogens is 1. The Bertz CT molecular complexity index is 1660. The fraction of sp³-hybridized carbons (Fsp3) is 0.423. The lowest BCUT2D eigenvalue weighted by molar-refractivity contribution is -0.0196. The summed E-state index contributed by atoms with van der Waals surface area (Å²) in [4.78, 5) is 18.0. The highest BCUT2D eigenvalue weighted by Gasteiger charge is 2.42. The number of aromatic nitrogens is 2. The number of nitrogens with two attached hydrogens (primary N) is 1. The van der Waals surface area contributed by atoms with Gasteiger partial charge in [-0.15, -0.1) is 0 Å². The van der Waals surface area contributed by atoms with Gasteiger partial charge in [-0.25, -0.2) is 9.37 Å². The molecule has 40 heavy (non-hydrogen) atoms. The average molecular weight is 572 g/mol. The molecule has 0 radical (unpaired) electrons. The maximum absolute atomic E-state index is 14.9. The summed E-state index contributed by atoms with van der Waals surface area (Å²) in [5.74, 6) is -1.53. The molecule has 3 heterocycles. The molecule has 1 spiro atoms. The summed E-state index contributed by atoms with van der Waals surface area (Å²) in [6.07, 6.45) is 3.87. The van der Waals surface area contributed by atoms with Crippen LogP contribution in [0.1, 0.15) is 37.8 Å². The van der Waals surface area contributed by atoms with E-state index in [4.69, 9.17) is 15.2 Å². The van der Waals surface area contributed by atoms with Crippen molar-refractivity contribution in [1.82, 2.24) is 19.2 Å². The van der Waals surface area contributed by atoms with Crippen molar-refractivity contribution in [2.45, 2.75) is 37.8 Å². The van der Waals surface area contributed by atoms with Crippen molar-refractivity contribution in [3.05, 3.63) is 52.3 Å². The Kier molecular flexibility index (Phi) is 7.40. The molecule has 4 N–H and O–H groups in total. The molecule has 0 amide bonds. The van der Waals surface area contributed by atoms with E-state index in [9.17, 15) is 22.9 Å². The number of hydrogen-bond donors (Lipinski definition) is 3. The highest BCUT2D eigenvalue weighted by atomic mass is 32.2. The maximum Gasteiger partial charge on any atom is 0.301 e. The number of fused-ring (bicyclic) bond motifs is 1.